The first kappa shape index (κ1) is 19.7. The average Bonchev–Trinajstić information content (AvgIpc) is 3.57. The number of hydrogen-bond acceptors (Lipinski definition) is 7. The molecule has 8 nitrogen and oxygen atoms in total. The van der Waals surface area contributed by atoms with Gasteiger partial charge in [0.2, 0.25) is 0 Å². The zero-order valence-electron chi connectivity index (χ0n) is 17.7. The first-order valence-corrected chi connectivity index (χ1v) is 10.5. The number of aromatic amines is 1. The van der Waals surface area contributed by atoms with Crippen molar-refractivity contribution in [2.45, 2.75) is 51.2 Å². The van der Waals surface area contributed by atoms with E-state index in [1.807, 2.05) is 26.8 Å². The first-order valence-electron chi connectivity index (χ1n) is 10.5. The second-order valence-corrected chi connectivity index (χ2v) is 9.02. The van der Waals surface area contributed by atoms with Crippen LogP contribution in [0.25, 0.3) is 10.8 Å². The number of carbonyl (C=O) groups is 1. The summed E-state index contributed by atoms with van der Waals surface area (Å²) in [5.41, 5.74) is 7.69. The molecule has 0 radical (unpaired) electrons. The van der Waals surface area contributed by atoms with Crippen LogP contribution in [0.15, 0.2) is 35.4 Å². The highest BCUT2D eigenvalue weighted by atomic mass is 16.6. The Morgan fingerprint density at radius 1 is 1.23 bits per heavy atom. The summed E-state index contributed by atoms with van der Waals surface area (Å²) in [6.07, 6.45) is 5.48. The number of esters is 1. The molecule has 1 aliphatic carbocycles. The molecule has 0 aromatic carbocycles. The minimum absolute atomic E-state index is 0.0618. The van der Waals surface area contributed by atoms with E-state index in [2.05, 4.69) is 20.3 Å². The van der Waals surface area contributed by atoms with Gasteiger partial charge in [-0.3, -0.25) is 4.79 Å². The minimum atomic E-state index is -0.633. The van der Waals surface area contributed by atoms with Crippen molar-refractivity contribution in [2.24, 2.45) is 11.7 Å². The van der Waals surface area contributed by atoms with E-state index in [1.165, 1.54) is 0 Å². The lowest BCUT2D eigenvalue weighted by atomic mass is 9.84. The molecule has 0 saturated heterocycles. The van der Waals surface area contributed by atoms with E-state index in [4.69, 9.17) is 10.5 Å². The van der Waals surface area contributed by atoms with Gasteiger partial charge in [0.05, 0.1) is 16.6 Å². The summed E-state index contributed by atoms with van der Waals surface area (Å²) in [5, 5.41) is 4.51. The number of hydrogen-bond donors (Lipinski definition) is 3. The Labute approximate surface area is 179 Å². The van der Waals surface area contributed by atoms with Crippen LogP contribution >= 0.6 is 0 Å². The molecule has 1 aliphatic heterocycles. The third kappa shape index (κ3) is 3.37. The number of anilines is 2. The van der Waals surface area contributed by atoms with Crippen LogP contribution in [0.1, 0.15) is 67.2 Å². The molecule has 0 bridgehead atoms. The molecule has 5 rings (SSSR count). The Balaban J connectivity index is 1.53. The summed E-state index contributed by atoms with van der Waals surface area (Å²) in [5.74, 6) is 1.15. The maximum absolute atomic E-state index is 12.3. The molecular weight excluding hydrogens is 394 g/mol. The number of ether oxygens (including phenoxy) is 1. The van der Waals surface area contributed by atoms with Crippen LogP contribution in [0.2, 0.25) is 0 Å². The topological polar surface area (TPSA) is 123 Å². The maximum Gasteiger partial charge on any atom is 0.340 e. The number of H-pyrrole nitrogens is 1. The fraction of sp³-hybridized carbons (Fsp3) is 0.391. The Kier molecular flexibility index (Phi) is 4.37. The van der Waals surface area contributed by atoms with E-state index in [9.17, 15) is 9.59 Å². The molecule has 4 heterocycles. The van der Waals surface area contributed by atoms with Crippen LogP contribution in [-0.2, 0) is 4.74 Å². The zero-order chi connectivity index (χ0) is 21.9. The molecule has 31 heavy (non-hydrogen) atoms. The number of pyridine rings is 3. The van der Waals surface area contributed by atoms with Crippen molar-refractivity contribution in [1.82, 2.24) is 15.0 Å². The molecule has 0 amide bonds. The van der Waals surface area contributed by atoms with Crippen LogP contribution < -0.4 is 16.6 Å². The standard InChI is InChI=1S/C23H25N5O3/c1-11-20-13(22(30)31-23(11,2)3)6-7-17(28-20)27-18-8-14-15(19(24)12-4-5-12)9-26-21(29)16(14)10-25-18/h6-12,19H,4-5,24H2,1-3H3,(H,26,29)(H,25,27,28). The van der Waals surface area contributed by atoms with E-state index >= 15 is 0 Å². The molecule has 8 heteroatoms. The Morgan fingerprint density at radius 3 is 2.74 bits per heavy atom. The lowest BCUT2D eigenvalue weighted by Gasteiger charge is -2.36. The summed E-state index contributed by atoms with van der Waals surface area (Å²) in [7, 11) is 0. The van der Waals surface area contributed by atoms with Crippen LogP contribution in [0.4, 0.5) is 11.6 Å². The highest BCUT2D eigenvalue weighted by Crippen LogP contribution is 2.41. The van der Waals surface area contributed by atoms with E-state index in [1.54, 1.807) is 24.5 Å². The Morgan fingerprint density at radius 2 is 2.00 bits per heavy atom. The van der Waals surface area contributed by atoms with E-state index in [0.717, 1.165) is 23.8 Å². The number of nitrogens with two attached hydrogens (primary N) is 1. The third-order valence-electron chi connectivity index (χ3n) is 6.52. The van der Waals surface area contributed by atoms with Crippen molar-refractivity contribution >= 4 is 28.4 Å². The Hall–Kier alpha value is -3.26. The SMILES string of the molecule is CC1c2nc(Nc3cc4c(C(N)C5CC5)c[nH]c(=O)c4cn3)ccc2C(=O)OC1(C)C. The number of carbonyl (C=O) groups excluding carboxylic acids is 1. The van der Waals surface area contributed by atoms with Gasteiger partial charge in [0.15, 0.2) is 0 Å². The number of fused-ring (bicyclic) bond motifs is 2. The molecule has 0 spiro atoms. The summed E-state index contributed by atoms with van der Waals surface area (Å²) in [6, 6.07) is 5.17. The van der Waals surface area contributed by atoms with Gasteiger partial charge >= 0.3 is 5.97 Å². The van der Waals surface area contributed by atoms with Gasteiger partial charge in [-0.15, -0.1) is 0 Å². The smallest absolute Gasteiger partial charge is 0.340 e. The summed E-state index contributed by atoms with van der Waals surface area (Å²) < 4.78 is 5.53. The summed E-state index contributed by atoms with van der Waals surface area (Å²) in [6.45, 7) is 5.76. The molecule has 1 fully saturated rings. The van der Waals surface area contributed by atoms with Gasteiger partial charge in [-0.2, -0.15) is 0 Å². The lowest BCUT2D eigenvalue weighted by Crippen LogP contribution is -2.39. The summed E-state index contributed by atoms with van der Waals surface area (Å²) in [4.78, 5) is 36.5. The van der Waals surface area contributed by atoms with Crippen molar-refractivity contribution in [3.05, 3.63) is 57.8 Å². The number of nitrogens with one attached hydrogen (secondary N) is 2. The second kappa shape index (κ2) is 6.88. The second-order valence-electron chi connectivity index (χ2n) is 9.02. The van der Waals surface area contributed by atoms with E-state index in [-0.39, 0.29) is 23.5 Å². The number of rotatable bonds is 4. The maximum atomic E-state index is 12.3. The number of cyclic esters (lactones) is 1. The van der Waals surface area contributed by atoms with Crippen molar-refractivity contribution in [3.63, 3.8) is 0 Å². The van der Waals surface area contributed by atoms with Gasteiger partial charge in [-0.1, -0.05) is 6.92 Å². The van der Waals surface area contributed by atoms with Crippen LogP contribution in [0.5, 0.6) is 0 Å². The Bertz CT molecular complexity index is 1260. The molecule has 2 atom stereocenters. The van der Waals surface area contributed by atoms with Gasteiger partial charge < -0.3 is 20.8 Å². The molecule has 4 N–H and O–H groups in total. The minimum Gasteiger partial charge on any atom is -0.455 e. The molecule has 2 unspecified atom stereocenters. The predicted molar refractivity (Wildman–Crippen MR) is 117 cm³/mol. The van der Waals surface area contributed by atoms with Crippen LogP contribution in [0, 0.1) is 5.92 Å². The van der Waals surface area contributed by atoms with Crippen molar-refractivity contribution in [3.8, 4) is 0 Å². The number of nitrogens with zero attached hydrogens (tertiary/aromatic N) is 2. The van der Waals surface area contributed by atoms with Crippen molar-refractivity contribution < 1.29 is 9.53 Å². The van der Waals surface area contributed by atoms with E-state index in [0.29, 0.717) is 34.2 Å². The molecule has 3 aromatic heterocycles. The fourth-order valence-electron chi connectivity index (χ4n) is 4.12. The van der Waals surface area contributed by atoms with Gasteiger partial charge in [-0.25, -0.2) is 14.8 Å². The van der Waals surface area contributed by atoms with Gasteiger partial charge in [-0.05, 0) is 61.8 Å². The van der Waals surface area contributed by atoms with Crippen LogP contribution in [-0.4, -0.2) is 26.5 Å². The fourth-order valence-corrected chi connectivity index (χ4v) is 4.12. The van der Waals surface area contributed by atoms with Crippen molar-refractivity contribution in [2.75, 3.05) is 5.32 Å². The lowest BCUT2D eigenvalue weighted by molar-refractivity contribution is -0.0189. The number of aromatic nitrogens is 3. The largest absolute Gasteiger partial charge is 0.455 e. The molecule has 160 valence electrons. The molecular formula is C23H25N5O3. The highest BCUT2D eigenvalue weighted by molar-refractivity contribution is 5.93. The zero-order valence-corrected chi connectivity index (χ0v) is 17.7. The van der Waals surface area contributed by atoms with Crippen LogP contribution in [0.3, 0.4) is 0 Å². The van der Waals surface area contributed by atoms with Gasteiger partial charge in [0.1, 0.15) is 17.2 Å². The van der Waals surface area contributed by atoms with Gasteiger partial charge in [0.25, 0.3) is 5.56 Å². The normalized spacial score (nSPS) is 20.8. The third-order valence-corrected chi connectivity index (χ3v) is 6.52. The quantitative estimate of drug-likeness (QED) is 0.553. The predicted octanol–water partition coefficient (Wildman–Crippen LogP) is 3.52. The first-order chi connectivity index (χ1) is 14.7. The van der Waals surface area contributed by atoms with Crippen molar-refractivity contribution in [1.29, 1.82) is 0 Å². The molecule has 2 aliphatic rings. The van der Waals surface area contributed by atoms with Gasteiger partial charge in [0, 0.05) is 24.4 Å². The van der Waals surface area contributed by atoms with E-state index < -0.39 is 5.60 Å². The average molecular weight is 419 g/mol. The summed E-state index contributed by atoms with van der Waals surface area (Å²) >= 11 is 0. The molecule has 3 aromatic rings. The monoisotopic (exact) mass is 419 g/mol. The highest BCUT2D eigenvalue weighted by Gasteiger charge is 2.40. The molecule has 1 saturated carbocycles.